The van der Waals surface area contributed by atoms with Crippen LogP contribution in [-0.2, 0) is 20.9 Å². The maximum Gasteiger partial charge on any atom is 0.311 e. The van der Waals surface area contributed by atoms with E-state index in [1.54, 1.807) is 31.3 Å². The van der Waals surface area contributed by atoms with E-state index in [9.17, 15) is 9.59 Å². The first-order chi connectivity index (χ1) is 16.0. The molecule has 3 aromatic rings. The minimum Gasteiger partial charge on any atom is -0.497 e. The van der Waals surface area contributed by atoms with Gasteiger partial charge in [-0.15, -0.1) is 5.10 Å². The Morgan fingerprint density at radius 3 is 2.30 bits per heavy atom. The Kier molecular flexibility index (Phi) is 7.10. The van der Waals surface area contributed by atoms with Crippen molar-refractivity contribution in [1.82, 2.24) is 9.59 Å². The number of rotatable bonds is 7. The molecule has 2 unspecified atom stereocenters. The normalized spacial score (nSPS) is 18.2. The van der Waals surface area contributed by atoms with E-state index in [4.69, 9.17) is 25.8 Å². The first kappa shape index (κ1) is 23.0. The van der Waals surface area contributed by atoms with Gasteiger partial charge in [-0.05, 0) is 48.4 Å². The monoisotopic (exact) mass is 487 g/mol. The molecule has 2 heterocycles. The van der Waals surface area contributed by atoms with Crippen molar-refractivity contribution < 1.29 is 23.8 Å². The van der Waals surface area contributed by atoms with Gasteiger partial charge in [0, 0.05) is 23.6 Å². The lowest BCUT2D eigenvalue weighted by molar-refractivity contribution is -0.152. The smallest absolute Gasteiger partial charge is 0.311 e. The van der Waals surface area contributed by atoms with Crippen LogP contribution in [0.5, 0.6) is 11.5 Å². The van der Waals surface area contributed by atoms with Gasteiger partial charge in [-0.2, -0.15) is 0 Å². The molecule has 1 aliphatic rings. The number of nitrogens with zero attached hydrogens (tertiary/aromatic N) is 3. The zero-order valence-electron chi connectivity index (χ0n) is 18.1. The summed E-state index contributed by atoms with van der Waals surface area (Å²) in [4.78, 5) is 28.0. The van der Waals surface area contributed by atoms with Crippen LogP contribution in [-0.4, -0.2) is 35.7 Å². The molecule has 1 saturated heterocycles. The number of halogens is 1. The molecule has 1 fully saturated rings. The number of carbonyl (C=O) groups is 2. The third kappa shape index (κ3) is 4.94. The molecule has 33 heavy (non-hydrogen) atoms. The summed E-state index contributed by atoms with van der Waals surface area (Å²) >= 11 is 7.07. The standard InChI is InChI=1S/C23H22ClN3O5S/c1-30-16-7-3-14(4-8-16)21-18(23(29)32-13-19-22(24)33-26-25-19)11-12-20(28)27(21)15-5-9-17(31-2)10-6-15/h3-10,18,21H,11-13H2,1-2H3. The molecule has 8 nitrogen and oxygen atoms in total. The van der Waals surface area contributed by atoms with Gasteiger partial charge in [-0.25, -0.2) is 0 Å². The highest BCUT2D eigenvalue weighted by Crippen LogP contribution is 2.41. The van der Waals surface area contributed by atoms with Crippen molar-refractivity contribution in [3.8, 4) is 11.5 Å². The highest BCUT2D eigenvalue weighted by atomic mass is 35.5. The molecule has 2 atom stereocenters. The highest BCUT2D eigenvalue weighted by Gasteiger charge is 2.42. The number of hydrogen-bond acceptors (Lipinski definition) is 8. The van der Waals surface area contributed by atoms with Crippen LogP contribution in [0.15, 0.2) is 48.5 Å². The van der Waals surface area contributed by atoms with Crippen LogP contribution in [0, 0.1) is 5.92 Å². The first-order valence-electron chi connectivity index (χ1n) is 10.2. The molecule has 2 aromatic carbocycles. The Labute approximate surface area is 200 Å². The number of esters is 1. The van der Waals surface area contributed by atoms with Gasteiger partial charge in [-0.3, -0.25) is 9.59 Å². The van der Waals surface area contributed by atoms with Crippen molar-refractivity contribution in [3.63, 3.8) is 0 Å². The molecular weight excluding hydrogens is 466 g/mol. The van der Waals surface area contributed by atoms with Gasteiger partial charge in [-0.1, -0.05) is 28.2 Å². The van der Waals surface area contributed by atoms with Gasteiger partial charge < -0.3 is 19.1 Å². The van der Waals surface area contributed by atoms with Gasteiger partial charge in [0.2, 0.25) is 5.91 Å². The Balaban J connectivity index is 1.68. The summed E-state index contributed by atoms with van der Waals surface area (Å²) in [5.41, 5.74) is 1.88. The molecular formula is C23H22ClN3O5S. The highest BCUT2D eigenvalue weighted by molar-refractivity contribution is 7.10. The van der Waals surface area contributed by atoms with Crippen LogP contribution in [0.25, 0.3) is 0 Å². The minimum atomic E-state index is -0.580. The third-order valence-corrected chi connectivity index (χ3v) is 6.55. The topological polar surface area (TPSA) is 90.8 Å². The summed E-state index contributed by atoms with van der Waals surface area (Å²) in [5, 5.41) is 3.89. The molecule has 0 N–H and O–H groups in total. The van der Waals surface area contributed by atoms with Gasteiger partial charge >= 0.3 is 5.97 Å². The number of anilines is 1. The number of carbonyl (C=O) groups excluding carboxylic acids is 2. The summed E-state index contributed by atoms with van der Waals surface area (Å²) in [6.07, 6.45) is 0.585. The predicted octanol–water partition coefficient (Wildman–Crippen LogP) is 4.44. The molecule has 4 rings (SSSR count). The largest absolute Gasteiger partial charge is 0.497 e. The van der Waals surface area contributed by atoms with Crippen LogP contribution >= 0.6 is 23.1 Å². The molecule has 1 aliphatic heterocycles. The van der Waals surface area contributed by atoms with Gasteiger partial charge in [0.05, 0.1) is 26.2 Å². The fourth-order valence-corrected chi connectivity index (χ4v) is 4.50. The average molecular weight is 488 g/mol. The van der Waals surface area contributed by atoms with Gasteiger partial charge in [0.15, 0.2) is 0 Å². The van der Waals surface area contributed by atoms with Crippen LogP contribution < -0.4 is 14.4 Å². The summed E-state index contributed by atoms with van der Waals surface area (Å²) in [6.45, 7) is -0.0729. The number of methoxy groups -OCH3 is 2. The number of hydrogen-bond donors (Lipinski definition) is 0. The van der Waals surface area contributed by atoms with Gasteiger partial charge in [0.1, 0.15) is 28.1 Å². The zero-order chi connectivity index (χ0) is 23.4. The Hall–Kier alpha value is -3.17. The fraction of sp³-hybridized carbons (Fsp3) is 0.304. The van der Waals surface area contributed by atoms with Crippen LogP contribution in [0.3, 0.4) is 0 Å². The van der Waals surface area contributed by atoms with E-state index >= 15 is 0 Å². The predicted molar refractivity (Wildman–Crippen MR) is 124 cm³/mol. The molecule has 10 heteroatoms. The van der Waals surface area contributed by atoms with E-state index in [0.29, 0.717) is 33.6 Å². The summed E-state index contributed by atoms with van der Waals surface area (Å²) < 4.78 is 20.2. The summed E-state index contributed by atoms with van der Waals surface area (Å²) in [7, 11) is 3.17. The van der Waals surface area contributed by atoms with E-state index in [0.717, 1.165) is 17.1 Å². The second-order valence-electron chi connectivity index (χ2n) is 7.43. The number of amides is 1. The lowest BCUT2D eigenvalue weighted by Gasteiger charge is -2.40. The SMILES string of the molecule is COc1ccc(C2C(C(=O)OCc3nnsc3Cl)CCC(=O)N2c2ccc(OC)cc2)cc1. The molecule has 172 valence electrons. The van der Waals surface area contributed by atoms with E-state index < -0.39 is 17.9 Å². The van der Waals surface area contributed by atoms with E-state index in [1.165, 1.54) is 0 Å². The molecule has 0 spiro atoms. The fourth-order valence-electron chi connectivity index (χ4n) is 3.90. The first-order valence-corrected chi connectivity index (χ1v) is 11.4. The van der Waals surface area contributed by atoms with Crippen LogP contribution in [0.4, 0.5) is 5.69 Å². The number of piperidine rings is 1. The summed E-state index contributed by atoms with van der Waals surface area (Å²) in [5.74, 6) is 0.279. The molecule has 0 radical (unpaired) electrons. The lowest BCUT2D eigenvalue weighted by atomic mass is 9.83. The maximum absolute atomic E-state index is 13.2. The average Bonchev–Trinajstić information content (AvgIpc) is 3.27. The minimum absolute atomic E-state index is 0.0724. The molecule has 0 bridgehead atoms. The van der Waals surface area contributed by atoms with Crippen molar-refractivity contribution in [2.24, 2.45) is 5.92 Å². The molecule has 1 amide bonds. The third-order valence-electron chi connectivity index (χ3n) is 5.57. The van der Waals surface area contributed by atoms with Crippen molar-refractivity contribution in [3.05, 3.63) is 64.1 Å². The number of aromatic nitrogens is 2. The molecule has 1 aromatic heterocycles. The number of benzene rings is 2. The van der Waals surface area contributed by atoms with Gasteiger partial charge in [0.25, 0.3) is 0 Å². The Morgan fingerprint density at radius 2 is 1.73 bits per heavy atom. The molecule has 0 aliphatic carbocycles. The van der Waals surface area contributed by atoms with E-state index in [-0.39, 0.29) is 18.9 Å². The zero-order valence-corrected chi connectivity index (χ0v) is 19.6. The second-order valence-corrected chi connectivity index (χ2v) is 8.78. The van der Waals surface area contributed by atoms with Crippen molar-refractivity contribution in [2.75, 3.05) is 19.1 Å². The Bertz CT molecular complexity index is 1120. The van der Waals surface area contributed by atoms with Crippen LogP contribution in [0.1, 0.15) is 30.1 Å². The maximum atomic E-state index is 13.2. The second kappa shape index (κ2) is 10.2. The summed E-state index contributed by atoms with van der Waals surface area (Å²) in [6, 6.07) is 14.0. The Morgan fingerprint density at radius 1 is 1.09 bits per heavy atom. The number of ether oxygens (including phenoxy) is 3. The quantitative estimate of drug-likeness (QED) is 0.455. The van der Waals surface area contributed by atoms with E-state index in [2.05, 4.69) is 9.59 Å². The van der Waals surface area contributed by atoms with E-state index in [1.807, 2.05) is 36.4 Å². The van der Waals surface area contributed by atoms with Crippen molar-refractivity contribution in [2.45, 2.75) is 25.5 Å². The molecule has 0 saturated carbocycles. The van der Waals surface area contributed by atoms with Crippen LogP contribution in [0.2, 0.25) is 4.34 Å². The van der Waals surface area contributed by atoms with Crippen molar-refractivity contribution in [1.29, 1.82) is 0 Å². The lowest BCUT2D eigenvalue weighted by Crippen LogP contribution is -2.46. The van der Waals surface area contributed by atoms with Crippen molar-refractivity contribution >= 4 is 40.7 Å².